The van der Waals surface area contributed by atoms with E-state index in [1.807, 2.05) is 18.3 Å². The molecule has 1 aliphatic rings. The number of rotatable bonds is 1. The third kappa shape index (κ3) is 1.72. The van der Waals surface area contributed by atoms with Gasteiger partial charge in [-0.2, -0.15) is 10.4 Å². The summed E-state index contributed by atoms with van der Waals surface area (Å²) in [7, 11) is 0. The van der Waals surface area contributed by atoms with E-state index in [0.717, 1.165) is 12.0 Å². The Morgan fingerprint density at radius 3 is 2.88 bits per heavy atom. The van der Waals surface area contributed by atoms with Crippen LogP contribution in [0.25, 0.3) is 0 Å². The maximum absolute atomic E-state index is 8.80. The van der Waals surface area contributed by atoms with E-state index in [2.05, 4.69) is 28.4 Å². The van der Waals surface area contributed by atoms with Gasteiger partial charge < -0.3 is 0 Å². The van der Waals surface area contributed by atoms with Crippen molar-refractivity contribution in [2.45, 2.75) is 25.2 Å². The SMILES string of the molecule is N#Cc1ccc(C2CCCc3n[nH]cc32)cc1. The summed E-state index contributed by atoms with van der Waals surface area (Å²) in [4.78, 5) is 0. The fraction of sp³-hybridized carbons (Fsp3) is 0.286. The lowest BCUT2D eigenvalue weighted by atomic mass is 9.82. The highest BCUT2D eigenvalue weighted by molar-refractivity contribution is 5.39. The van der Waals surface area contributed by atoms with E-state index in [4.69, 9.17) is 5.26 Å². The molecule has 1 heterocycles. The molecule has 0 aliphatic heterocycles. The Balaban J connectivity index is 1.98. The Morgan fingerprint density at radius 2 is 2.12 bits per heavy atom. The van der Waals surface area contributed by atoms with Gasteiger partial charge in [0.05, 0.1) is 17.3 Å². The second-order valence-electron chi connectivity index (χ2n) is 4.47. The van der Waals surface area contributed by atoms with E-state index in [1.165, 1.54) is 29.7 Å². The molecule has 1 aromatic heterocycles. The van der Waals surface area contributed by atoms with E-state index < -0.39 is 0 Å². The van der Waals surface area contributed by atoms with Gasteiger partial charge >= 0.3 is 0 Å². The van der Waals surface area contributed by atoms with Crippen LogP contribution in [-0.2, 0) is 6.42 Å². The summed E-state index contributed by atoms with van der Waals surface area (Å²) < 4.78 is 0. The van der Waals surface area contributed by atoms with Crippen LogP contribution in [0.15, 0.2) is 30.5 Å². The van der Waals surface area contributed by atoms with Crippen LogP contribution >= 0.6 is 0 Å². The largest absolute Gasteiger partial charge is 0.285 e. The van der Waals surface area contributed by atoms with Gasteiger partial charge in [-0.15, -0.1) is 0 Å². The number of hydrogen-bond acceptors (Lipinski definition) is 2. The number of hydrogen-bond donors (Lipinski definition) is 1. The summed E-state index contributed by atoms with van der Waals surface area (Å²) in [5, 5.41) is 16.0. The van der Waals surface area contributed by atoms with Crippen molar-refractivity contribution < 1.29 is 0 Å². The third-order valence-corrected chi connectivity index (χ3v) is 3.48. The van der Waals surface area contributed by atoms with Crippen LogP contribution in [0.4, 0.5) is 0 Å². The molecule has 0 spiro atoms. The number of benzene rings is 1. The molecule has 0 radical (unpaired) electrons. The predicted molar refractivity (Wildman–Crippen MR) is 64.5 cm³/mol. The van der Waals surface area contributed by atoms with E-state index in [0.29, 0.717) is 5.92 Å². The number of aryl methyl sites for hydroxylation is 1. The van der Waals surface area contributed by atoms with Crippen LogP contribution in [0.1, 0.15) is 41.1 Å². The molecule has 1 atom stereocenters. The molecule has 0 amide bonds. The number of nitrogens with one attached hydrogen (secondary N) is 1. The summed E-state index contributed by atoms with van der Waals surface area (Å²) in [6, 6.07) is 10.1. The molecule has 1 unspecified atom stereocenters. The first-order valence-electron chi connectivity index (χ1n) is 5.91. The van der Waals surface area contributed by atoms with E-state index in [-0.39, 0.29) is 0 Å². The van der Waals surface area contributed by atoms with Gasteiger partial charge in [-0.1, -0.05) is 12.1 Å². The van der Waals surface area contributed by atoms with Crippen molar-refractivity contribution in [1.29, 1.82) is 5.26 Å². The molecule has 1 aliphatic carbocycles. The number of H-pyrrole nitrogens is 1. The molecule has 0 saturated heterocycles. The predicted octanol–water partition coefficient (Wildman–Crippen LogP) is 2.75. The lowest BCUT2D eigenvalue weighted by Crippen LogP contribution is -2.09. The number of fused-ring (bicyclic) bond motifs is 1. The molecule has 1 N–H and O–H groups in total. The van der Waals surface area contributed by atoms with Gasteiger partial charge in [0, 0.05) is 17.7 Å². The van der Waals surface area contributed by atoms with Gasteiger partial charge in [0.2, 0.25) is 0 Å². The van der Waals surface area contributed by atoms with Crippen molar-refractivity contribution in [1.82, 2.24) is 10.2 Å². The van der Waals surface area contributed by atoms with Crippen molar-refractivity contribution >= 4 is 0 Å². The minimum atomic E-state index is 0.435. The zero-order valence-electron chi connectivity index (χ0n) is 9.48. The third-order valence-electron chi connectivity index (χ3n) is 3.48. The first-order chi connectivity index (χ1) is 8.38. The minimum absolute atomic E-state index is 0.435. The fourth-order valence-corrected chi connectivity index (χ4v) is 2.59. The molecule has 0 fully saturated rings. The molecule has 2 aromatic rings. The minimum Gasteiger partial charge on any atom is -0.285 e. The van der Waals surface area contributed by atoms with Crippen LogP contribution < -0.4 is 0 Å². The second kappa shape index (κ2) is 4.06. The number of nitrogens with zero attached hydrogens (tertiary/aromatic N) is 2. The van der Waals surface area contributed by atoms with Gasteiger partial charge in [-0.25, -0.2) is 0 Å². The molecule has 3 nitrogen and oxygen atoms in total. The highest BCUT2D eigenvalue weighted by Gasteiger charge is 2.23. The summed E-state index contributed by atoms with van der Waals surface area (Å²) in [6.07, 6.45) is 5.43. The summed E-state index contributed by atoms with van der Waals surface area (Å²) >= 11 is 0. The zero-order valence-corrected chi connectivity index (χ0v) is 9.48. The standard InChI is InChI=1S/C14H13N3/c15-8-10-4-6-11(7-5-10)12-2-1-3-14-13(12)9-16-17-14/h4-7,9,12H,1-3H2,(H,16,17). The van der Waals surface area contributed by atoms with Crippen molar-refractivity contribution in [3.63, 3.8) is 0 Å². The Bertz CT molecular complexity index is 560. The van der Waals surface area contributed by atoms with Crippen molar-refractivity contribution in [3.05, 3.63) is 52.8 Å². The molecular weight excluding hydrogens is 210 g/mol. The fourth-order valence-electron chi connectivity index (χ4n) is 2.59. The maximum atomic E-state index is 8.80. The quantitative estimate of drug-likeness (QED) is 0.808. The summed E-state index contributed by atoms with van der Waals surface area (Å²) in [6.45, 7) is 0. The smallest absolute Gasteiger partial charge is 0.0991 e. The first-order valence-corrected chi connectivity index (χ1v) is 5.91. The van der Waals surface area contributed by atoms with Gasteiger partial charge in [-0.3, -0.25) is 5.10 Å². The normalized spacial score (nSPS) is 18.4. The Labute approximate surface area is 100 Å². The Kier molecular flexibility index (Phi) is 2.41. The maximum Gasteiger partial charge on any atom is 0.0991 e. The molecule has 1 aromatic carbocycles. The van der Waals surface area contributed by atoms with Crippen LogP contribution in [0.2, 0.25) is 0 Å². The lowest BCUT2D eigenvalue weighted by Gasteiger charge is -2.21. The zero-order chi connectivity index (χ0) is 11.7. The lowest BCUT2D eigenvalue weighted by molar-refractivity contribution is 0.610. The van der Waals surface area contributed by atoms with Crippen molar-refractivity contribution in [3.8, 4) is 6.07 Å². The van der Waals surface area contributed by atoms with Gasteiger partial charge in [-0.05, 0) is 37.0 Å². The molecule has 3 rings (SSSR count). The summed E-state index contributed by atoms with van der Waals surface area (Å²) in [5.74, 6) is 0.435. The van der Waals surface area contributed by atoms with E-state index >= 15 is 0 Å². The highest BCUT2D eigenvalue weighted by atomic mass is 15.1. The first kappa shape index (κ1) is 10.1. The molecule has 0 saturated carbocycles. The van der Waals surface area contributed by atoms with Crippen molar-refractivity contribution in [2.75, 3.05) is 0 Å². The van der Waals surface area contributed by atoms with Gasteiger partial charge in [0.15, 0.2) is 0 Å². The monoisotopic (exact) mass is 223 g/mol. The van der Waals surface area contributed by atoms with Crippen LogP contribution in [0, 0.1) is 11.3 Å². The molecule has 17 heavy (non-hydrogen) atoms. The summed E-state index contributed by atoms with van der Waals surface area (Å²) in [5.41, 5.74) is 4.52. The molecular formula is C14H13N3. The van der Waals surface area contributed by atoms with Crippen LogP contribution in [-0.4, -0.2) is 10.2 Å². The van der Waals surface area contributed by atoms with E-state index in [9.17, 15) is 0 Å². The average Bonchev–Trinajstić information content (AvgIpc) is 2.87. The number of aromatic amines is 1. The van der Waals surface area contributed by atoms with E-state index in [1.54, 1.807) is 0 Å². The number of nitriles is 1. The topological polar surface area (TPSA) is 52.5 Å². The van der Waals surface area contributed by atoms with Crippen molar-refractivity contribution in [2.24, 2.45) is 0 Å². The highest BCUT2D eigenvalue weighted by Crippen LogP contribution is 2.35. The van der Waals surface area contributed by atoms with Crippen LogP contribution in [0.3, 0.4) is 0 Å². The average molecular weight is 223 g/mol. The Hall–Kier alpha value is -2.08. The Morgan fingerprint density at radius 1 is 1.29 bits per heavy atom. The molecule has 3 heteroatoms. The van der Waals surface area contributed by atoms with Gasteiger partial charge in [0.25, 0.3) is 0 Å². The van der Waals surface area contributed by atoms with Gasteiger partial charge in [0.1, 0.15) is 0 Å². The molecule has 84 valence electrons. The number of aromatic nitrogens is 2. The second-order valence-corrected chi connectivity index (χ2v) is 4.47. The molecule has 0 bridgehead atoms. The van der Waals surface area contributed by atoms with Crippen LogP contribution in [0.5, 0.6) is 0 Å².